The summed E-state index contributed by atoms with van der Waals surface area (Å²) in [6.45, 7) is 6.04. The average Bonchev–Trinajstić information content (AvgIpc) is 2.46. The Balaban J connectivity index is 2.37. The second-order valence-corrected chi connectivity index (χ2v) is 7.00. The monoisotopic (exact) mass is 400 g/mol. The van der Waals surface area contributed by atoms with E-state index in [2.05, 4.69) is 26.6 Å². The second-order valence-electron chi connectivity index (χ2n) is 5.74. The quantitative estimate of drug-likeness (QED) is 0.597. The molecule has 1 heterocycles. The summed E-state index contributed by atoms with van der Waals surface area (Å²) in [6.07, 6.45) is 0. The Morgan fingerprint density at radius 3 is 2.78 bits per heavy atom. The molecule has 0 saturated carbocycles. The van der Waals surface area contributed by atoms with E-state index in [0.717, 1.165) is 5.56 Å². The predicted octanol–water partition coefficient (Wildman–Crippen LogP) is 3.58. The van der Waals surface area contributed by atoms with Gasteiger partial charge < -0.3 is 15.4 Å². The van der Waals surface area contributed by atoms with Crippen LogP contribution in [0.2, 0.25) is 0 Å². The minimum absolute atomic E-state index is 0.240. The van der Waals surface area contributed by atoms with E-state index in [9.17, 15) is 9.18 Å². The van der Waals surface area contributed by atoms with Gasteiger partial charge in [0.15, 0.2) is 5.11 Å². The van der Waals surface area contributed by atoms with Gasteiger partial charge in [-0.1, -0.05) is 19.9 Å². The van der Waals surface area contributed by atoms with Gasteiger partial charge in [0.05, 0.1) is 22.7 Å². The van der Waals surface area contributed by atoms with Crippen molar-refractivity contribution >= 4 is 39.2 Å². The van der Waals surface area contributed by atoms with Gasteiger partial charge in [-0.2, -0.15) is 0 Å². The minimum Gasteiger partial charge on any atom is -0.462 e. The fraction of sp³-hybridized carbons (Fsp3) is 0.375. The van der Waals surface area contributed by atoms with E-state index in [1.165, 1.54) is 6.07 Å². The molecule has 1 aromatic rings. The van der Waals surface area contributed by atoms with Gasteiger partial charge in [-0.25, -0.2) is 9.18 Å². The first-order valence-electron chi connectivity index (χ1n) is 7.20. The topological polar surface area (TPSA) is 50.4 Å². The van der Waals surface area contributed by atoms with Crippen LogP contribution in [0.3, 0.4) is 0 Å². The standard InChI is InChI=1S/C16H18BrFN2O2S/c1-8(2)7-22-15(21)13-9(3)19-16(23)20-14(13)10-4-5-12(18)11(17)6-10/h4-6,8,14H,7H2,1-3H3,(H2,19,20,23)/t14-/m0/s1. The molecule has 0 radical (unpaired) electrons. The van der Waals surface area contributed by atoms with Crippen molar-refractivity contribution in [2.24, 2.45) is 5.92 Å². The number of benzene rings is 1. The van der Waals surface area contributed by atoms with Gasteiger partial charge in [0.2, 0.25) is 0 Å². The number of rotatable bonds is 4. The largest absolute Gasteiger partial charge is 0.462 e. The number of carbonyl (C=O) groups is 1. The smallest absolute Gasteiger partial charge is 0.338 e. The third kappa shape index (κ3) is 4.29. The van der Waals surface area contributed by atoms with Crippen molar-refractivity contribution in [2.75, 3.05) is 6.61 Å². The third-order valence-corrected chi connectivity index (χ3v) is 4.14. The predicted molar refractivity (Wildman–Crippen MR) is 94.2 cm³/mol. The van der Waals surface area contributed by atoms with Crippen LogP contribution in [0.1, 0.15) is 32.4 Å². The van der Waals surface area contributed by atoms with Gasteiger partial charge >= 0.3 is 5.97 Å². The summed E-state index contributed by atoms with van der Waals surface area (Å²) in [7, 11) is 0. The van der Waals surface area contributed by atoms with Crippen molar-refractivity contribution in [3.8, 4) is 0 Å². The molecule has 2 N–H and O–H groups in total. The van der Waals surface area contributed by atoms with Crippen LogP contribution in [0.15, 0.2) is 33.9 Å². The molecule has 1 atom stereocenters. The van der Waals surface area contributed by atoms with Gasteiger partial charge in [0, 0.05) is 5.70 Å². The highest BCUT2D eigenvalue weighted by Crippen LogP contribution is 2.30. The van der Waals surface area contributed by atoms with Crippen LogP contribution in [0.25, 0.3) is 0 Å². The Labute approximate surface area is 148 Å². The third-order valence-electron chi connectivity index (χ3n) is 3.31. The molecule has 1 aromatic carbocycles. The SMILES string of the molecule is CC1=C(C(=O)OCC(C)C)[C@H](c2ccc(F)c(Br)c2)NC(=S)N1. The number of halogens is 2. The molecule has 124 valence electrons. The lowest BCUT2D eigenvalue weighted by Crippen LogP contribution is -2.45. The highest BCUT2D eigenvalue weighted by atomic mass is 79.9. The molecule has 0 aliphatic carbocycles. The summed E-state index contributed by atoms with van der Waals surface area (Å²) in [5.74, 6) is -0.539. The maximum absolute atomic E-state index is 13.5. The summed E-state index contributed by atoms with van der Waals surface area (Å²) in [5, 5.41) is 6.39. The minimum atomic E-state index is -0.486. The normalized spacial score (nSPS) is 17.8. The van der Waals surface area contributed by atoms with E-state index in [4.69, 9.17) is 17.0 Å². The average molecular weight is 401 g/mol. The molecular formula is C16H18BrFN2O2S. The summed E-state index contributed by atoms with van der Waals surface area (Å²) in [5.41, 5.74) is 1.80. The molecule has 0 unspecified atom stereocenters. The molecule has 1 aliphatic rings. The fourth-order valence-corrected chi connectivity index (χ4v) is 2.89. The Bertz CT molecular complexity index is 676. The van der Waals surface area contributed by atoms with E-state index < -0.39 is 12.0 Å². The zero-order valence-corrected chi connectivity index (χ0v) is 15.5. The van der Waals surface area contributed by atoms with Gasteiger partial charge in [0.1, 0.15) is 5.82 Å². The molecule has 2 rings (SSSR count). The summed E-state index contributed by atoms with van der Waals surface area (Å²) >= 11 is 8.34. The van der Waals surface area contributed by atoms with Crippen LogP contribution >= 0.6 is 28.1 Å². The molecule has 0 fully saturated rings. The van der Waals surface area contributed by atoms with Crippen molar-refractivity contribution in [3.05, 3.63) is 45.3 Å². The van der Waals surface area contributed by atoms with Crippen molar-refractivity contribution in [1.82, 2.24) is 10.6 Å². The summed E-state index contributed by atoms with van der Waals surface area (Å²) < 4.78 is 19.2. The highest BCUT2D eigenvalue weighted by Gasteiger charge is 2.31. The molecule has 23 heavy (non-hydrogen) atoms. The van der Waals surface area contributed by atoms with Crippen molar-refractivity contribution in [3.63, 3.8) is 0 Å². The van der Waals surface area contributed by atoms with Crippen LogP contribution in [0.5, 0.6) is 0 Å². The van der Waals surface area contributed by atoms with Crippen LogP contribution in [0.4, 0.5) is 4.39 Å². The lowest BCUT2D eigenvalue weighted by molar-refractivity contribution is -0.140. The lowest BCUT2D eigenvalue weighted by Gasteiger charge is -2.30. The number of hydrogen-bond donors (Lipinski definition) is 2. The van der Waals surface area contributed by atoms with Gasteiger partial charge in [0.25, 0.3) is 0 Å². The number of carbonyl (C=O) groups excluding carboxylic acids is 1. The first-order valence-corrected chi connectivity index (χ1v) is 8.40. The molecule has 0 saturated heterocycles. The number of esters is 1. The molecule has 7 heteroatoms. The second kappa shape index (κ2) is 7.40. The zero-order valence-electron chi connectivity index (χ0n) is 13.1. The summed E-state index contributed by atoms with van der Waals surface area (Å²) in [4.78, 5) is 12.5. The fourth-order valence-electron chi connectivity index (χ4n) is 2.23. The maximum Gasteiger partial charge on any atom is 0.338 e. The van der Waals surface area contributed by atoms with E-state index in [0.29, 0.717) is 27.5 Å². The molecule has 1 aliphatic heterocycles. The van der Waals surface area contributed by atoms with Crippen LogP contribution in [0, 0.1) is 11.7 Å². The molecule has 0 spiro atoms. The first-order chi connectivity index (χ1) is 10.8. The van der Waals surface area contributed by atoms with Crippen LogP contribution < -0.4 is 10.6 Å². The van der Waals surface area contributed by atoms with E-state index >= 15 is 0 Å². The lowest BCUT2D eigenvalue weighted by atomic mass is 9.95. The van der Waals surface area contributed by atoms with Crippen LogP contribution in [-0.2, 0) is 9.53 Å². The Morgan fingerprint density at radius 2 is 2.17 bits per heavy atom. The first kappa shape index (κ1) is 17.9. The Kier molecular flexibility index (Phi) is 5.75. The zero-order chi connectivity index (χ0) is 17.1. The molecular weight excluding hydrogens is 383 g/mol. The van der Waals surface area contributed by atoms with E-state index in [1.54, 1.807) is 19.1 Å². The van der Waals surface area contributed by atoms with Gasteiger partial charge in [-0.15, -0.1) is 0 Å². The highest BCUT2D eigenvalue weighted by molar-refractivity contribution is 9.10. The number of allylic oxidation sites excluding steroid dienone is 1. The molecule has 0 bridgehead atoms. The molecule has 4 nitrogen and oxygen atoms in total. The van der Waals surface area contributed by atoms with Crippen molar-refractivity contribution < 1.29 is 13.9 Å². The maximum atomic E-state index is 13.5. The van der Waals surface area contributed by atoms with Crippen molar-refractivity contribution in [2.45, 2.75) is 26.8 Å². The number of hydrogen-bond acceptors (Lipinski definition) is 3. The summed E-state index contributed by atoms with van der Waals surface area (Å²) in [6, 6.07) is 4.11. The van der Waals surface area contributed by atoms with Crippen molar-refractivity contribution in [1.29, 1.82) is 0 Å². The Hall–Kier alpha value is -1.47. The Morgan fingerprint density at radius 1 is 1.48 bits per heavy atom. The number of thiocarbonyl (C=S) groups is 1. The number of nitrogens with one attached hydrogen (secondary N) is 2. The molecule has 0 amide bonds. The van der Waals surface area contributed by atoms with Gasteiger partial charge in [-0.05, 0) is 58.7 Å². The van der Waals surface area contributed by atoms with Crippen LogP contribution in [-0.4, -0.2) is 17.7 Å². The number of ether oxygens (including phenoxy) is 1. The molecule has 0 aromatic heterocycles. The van der Waals surface area contributed by atoms with E-state index in [1.807, 2.05) is 13.8 Å². The van der Waals surface area contributed by atoms with E-state index in [-0.39, 0.29) is 11.7 Å². The van der Waals surface area contributed by atoms with Gasteiger partial charge in [-0.3, -0.25) is 0 Å².